The maximum absolute atomic E-state index is 12.8. The van der Waals surface area contributed by atoms with Crippen molar-refractivity contribution in [3.05, 3.63) is 22.9 Å². The third-order valence-corrected chi connectivity index (χ3v) is 2.32. The predicted octanol–water partition coefficient (Wildman–Crippen LogP) is 2.34. The molecule has 0 aromatic carbocycles. The molecule has 1 rings (SSSR count). The first-order valence-corrected chi connectivity index (χ1v) is 4.87. The van der Waals surface area contributed by atoms with Gasteiger partial charge in [-0.05, 0) is 5.56 Å². The van der Waals surface area contributed by atoms with E-state index in [0.717, 1.165) is 7.11 Å². The molecule has 0 aliphatic heterocycles. The zero-order valence-corrected chi connectivity index (χ0v) is 9.59. The Hall–Kier alpha value is -1.93. The molecule has 0 unspecified atom stereocenters. The van der Waals surface area contributed by atoms with Crippen molar-refractivity contribution in [2.75, 3.05) is 12.8 Å². The van der Waals surface area contributed by atoms with Gasteiger partial charge < -0.3 is 10.5 Å². The van der Waals surface area contributed by atoms with Crippen LogP contribution >= 0.6 is 0 Å². The summed E-state index contributed by atoms with van der Waals surface area (Å²) in [7, 11) is 0.933. The highest BCUT2D eigenvalue weighted by atomic mass is 19.4. The van der Waals surface area contributed by atoms with E-state index in [1.165, 1.54) is 0 Å². The molecule has 0 saturated heterocycles. The SMILES string of the molecule is COC(=O)Cc1c(C(F)F)cnc(N)c1C(F)(F)F. The topological polar surface area (TPSA) is 65.2 Å². The smallest absolute Gasteiger partial charge is 0.420 e. The van der Waals surface area contributed by atoms with Gasteiger partial charge in [-0.2, -0.15) is 13.2 Å². The molecule has 0 fully saturated rings. The van der Waals surface area contributed by atoms with Crippen molar-refractivity contribution >= 4 is 11.8 Å². The summed E-state index contributed by atoms with van der Waals surface area (Å²) in [6.45, 7) is 0. The highest BCUT2D eigenvalue weighted by Gasteiger charge is 2.39. The average Bonchev–Trinajstić information content (AvgIpc) is 2.26. The lowest BCUT2D eigenvalue weighted by Gasteiger charge is -2.17. The van der Waals surface area contributed by atoms with Crippen LogP contribution in [0.2, 0.25) is 0 Å². The Morgan fingerprint density at radius 2 is 2.05 bits per heavy atom. The minimum atomic E-state index is -4.99. The normalized spacial score (nSPS) is 11.7. The van der Waals surface area contributed by atoms with Crippen LogP contribution in [0.4, 0.5) is 27.8 Å². The van der Waals surface area contributed by atoms with E-state index in [4.69, 9.17) is 5.73 Å². The number of aromatic nitrogens is 1. The van der Waals surface area contributed by atoms with E-state index in [2.05, 4.69) is 9.72 Å². The van der Waals surface area contributed by atoms with Crippen LogP contribution in [0.3, 0.4) is 0 Å². The monoisotopic (exact) mass is 284 g/mol. The molecule has 0 aliphatic carbocycles. The highest BCUT2D eigenvalue weighted by molar-refractivity contribution is 5.74. The minimum Gasteiger partial charge on any atom is -0.469 e. The fourth-order valence-corrected chi connectivity index (χ4v) is 1.49. The quantitative estimate of drug-likeness (QED) is 0.683. The first-order chi connectivity index (χ1) is 8.68. The number of rotatable bonds is 3. The van der Waals surface area contributed by atoms with Crippen molar-refractivity contribution in [3.8, 4) is 0 Å². The number of hydrogen-bond donors (Lipinski definition) is 1. The standard InChI is InChI=1S/C10H9F5N2O2/c1-19-6(18)2-4-5(8(11)12)3-17-9(16)7(4)10(13,14)15/h3,8H,2H2,1H3,(H2,16,17). The summed E-state index contributed by atoms with van der Waals surface area (Å²) < 4.78 is 67.9. The zero-order valence-electron chi connectivity index (χ0n) is 9.59. The Labute approximate surface area is 104 Å². The van der Waals surface area contributed by atoms with Gasteiger partial charge in [-0.25, -0.2) is 13.8 Å². The van der Waals surface area contributed by atoms with E-state index in [0.29, 0.717) is 6.20 Å². The van der Waals surface area contributed by atoms with Gasteiger partial charge in [0.25, 0.3) is 6.43 Å². The van der Waals surface area contributed by atoms with E-state index in [9.17, 15) is 26.7 Å². The lowest BCUT2D eigenvalue weighted by atomic mass is 10.00. The maximum atomic E-state index is 12.8. The molecular formula is C10H9F5N2O2. The maximum Gasteiger partial charge on any atom is 0.420 e. The largest absolute Gasteiger partial charge is 0.469 e. The molecule has 2 N–H and O–H groups in total. The molecule has 1 heterocycles. The van der Waals surface area contributed by atoms with E-state index in [-0.39, 0.29) is 0 Å². The van der Waals surface area contributed by atoms with Crippen LogP contribution < -0.4 is 5.73 Å². The number of ether oxygens (including phenoxy) is 1. The summed E-state index contributed by atoms with van der Waals surface area (Å²) >= 11 is 0. The second kappa shape index (κ2) is 5.37. The number of nitrogens with two attached hydrogens (primary N) is 1. The molecular weight excluding hydrogens is 275 g/mol. The second-order valence-electron chi connectivity index (χ2n) is 3.50. The van der Waals surface area contributed by atoms with Crippen LogP contribution in [0.25, 0.3) is 0 Å². The van der Waals surface area contributed by atoms with Gasteiger partial charge in [-0.15, -0.1) is 0 Å². The van der Waals surface area contributed by atoms with Crippen molar-refractivity contribution in [1.82, 2.24) is 4.98 Å². The Balaban J connectivity index is 3.50. The summed E-state index contributed by atoms with van der Waals surface area (Å²) in [6.07, 6.45) is -8.65. The highest BCUT2D eigenvalue weighted by Crippen LogP contribution is 2.39. The van der Waals surface area contributed by atoms with E-state index in [1.807, 2.05) is 0 Å². The number of carbonyl (C=O) groups is 1. The number of anilines is 1. The first kappa shape index (κ1) is 15.1. The molecule has 0 aliphatic rings. The van der Waals surface area contributed by atoms with Crippen LogP contribution in [0, 0.1) is 0 Å². The molecule has 0 radical (unpaired) electrons. The lowest BCUT2D eigenvalue weighted by Crippen LogP contribution is -2.19. The molecule has 4 nitrogen and oxygen atoms in total. The van der Waals surface area contributed by atoms with Crippen LogP contribution in [0.15, 0.2) is 6.20 Å². The van der Waals surface area contributed by atoms with Gasteiger partial charge in [-0.1, -0.05) is 0 Å². The molecule has 106 valence electrons. The van der Waals surface area contributed by atoms with Crippen LogP contribution in [-0.4, -0.2) is 18.1 Å². The molecule has 0 amide bonds. The van der Waals surface area contributed by atoms with Gasteiger partial charge in [0.2, 0.25) is 0 Å². The minimum absolute atomic E-state index is 0.521. The van der Waals surface area contributed by atoms with E-state index in [1.54, 1.807) is 0 Å². The Morgan fingerprint density at radius 3 is 2.47 bits per heavy atom. The zero-order chi connectivity index (χ0) is 14.8. The van der Waals surface area contributed by atoms with Crippen molar-refractivity contribution < 1.29 is 31.5 Å². The van der Waals surface area contributed by atoms with Crippen molar-refractivity contribution in [3.63, 3.8) is 0 Å². The van der Waals surface area contributed by atoms with E-state index < -0.39 is 47.5 Å². The summed E-state index contributed by atoms with van der Waals surface area (Å²) in [5.74, 6) is -2.05. The van der Waals surface area contributed by atoms with Gasteiger partial charge in [0.05, 0.1) is 13.5 Å². The molecule has 0 spiro atoms. The lowest BCUT2D eigenvalue weighted by molar-refractivity contribution is -0.141. The average molecular weight is 284 g/mol. The number of esters is 1. The number of hydrogen-bond acceptors (Lipinski definition) is 4. The number of carbonyl (C=O) groups excluding carboxylic acids is 1. The Morgan fingerprint density at radius 1 is 1.47 bits per heavy atom. The molecule has 1 aromatic rings. The third-order valence-electron chi connectivity index (χ3n) is 2.32. The van der Waals surface area contributed by atoms with Gasteiger partial charge >= 0.3 is 12.1 Å². The van der Waals surface area contributed by atoms with Crippen LogP contribution in [0.1, 0.15) is 23.1 Å². The van der Waals surface area contributed by atoms with Crippen molar-refractivity contribution in [2.24, 2.45) is 0 Å². The van der Waals surface area contributed by atoms with Gasteiger partial charge in [0.1, 0.15) is 11.4 Å². The number of alkyl halides is 5. The third kappa shape index (κ3) is 3.30. The first-order valence-electron chi connectivity index (χ1n) is 4.87. The fourth-order valence-electron chi connectivity index (χ4n) is 1.49. The van der Waals surface area contributed by atoms with Gasteiger partial charge in [-0.3, -0.25) is 4.79 Å². The number of methoxy groups -OCH3 is 1. The summed E-state index contributed by atoms with van der Waals surface area (Å²) in [4.78, 5) is 14.1. The Kier molecular flexibility index (Phi) is 4.28. The van der Waals surface area contributed by atoms with Crippen LogP contribution in [0.5, 0.6) is 0 Å². The van der Waals surface area contributed by atoms with Crippen molar-refractivity contribution in [2.45, 2.75) is 19.0 Å². The summed E-state index contributed by atoms with van der Waals surface area (Å²) in [6, 6.07) is 0. The van der Waals surface area contributed by atoms with E-state index >= 15 is 0 Å². The van der Waals surface area contributed by atoms with Crippen LogP contribution in [-0.2, 0) is 22.1 Å². The number of nitrogens with zero attached hydrogens (tertiary/aromatic N) is 1. The molecule has 9 heteroatoms. The van der Waals surface area contributed by atoms with Crippen molar-refractivity contribution in [1.29, 1.82) is 0 Å². The molecule has 0 saturated carbocycles. The fraction of sp³-hybridized carbons (Fsp3) is 0.400. The molecule has 0 bridgehead atoms. The summed E-state index contributed by atoms with van der Waals surface area (Å²) in [5, 5.41) is 0. The van der Waals surface area contributed by atoms with Gasteiger partial charge in [0.15, 0.2) is 0 Å². The predicted molar refractivity (Wildman–Crippen MR) is 54.3 cm³/mol. The number of nitrogen functional groups attached to an aromatic ring is 1. The second-order valence-corrected chi connectivity index (χ2v) is 3.50. The molecule has 0 atom stereocenters. The Bertz CT molecular complexity index is 488. The summed E-state index contributed by atoms with van der Waals surface area (Å²) in [5.41, 5.74) is 1.63. The van der Waals surface area contributed by atoms with Gasteiger partial charge in [0, 0.05) is 11.8 Å². The number of halogens is 5. The number of pyridine rings is 1. The molecule has 1 aromatic heterocycles. The molecule has 19 heavy (non-hydrogen) atoms.